The minimum atomic E-state index is -0.0693. The van der Waals surface area contributed by atoms with E-state index in [1.54, 1.807) is 13.2 Å². The minimum absolute atomic E-state index is 0.0693. The molecule has 1 aromatic carbocycles. The van der Waals surface area contributed by atoms with Crippen molar-refractivity contribution in [1.82, 2.24) is 9.97 Å². The molecule has 0 radical (unpaired) electrons. The Morgan fingerprint density at radius 1 is 1.09 bits per heavy atom. The summed E-state index contributed by atoms with van der Waals surface area (Å²) in [5.41, 5.74) is 1.71. The van der Waals surface area contributed by atoms with Gasteiger partial charge < -0.3 is 15.4 Å². The van der Waals surface area contributed by atoms with E-state index in [1.807, 2.05) is 19.1 Å². The predicted octanol–water partition coefficient (Wildman–Crippen LogP) is 4.40. The number of halogens is 1. The molecular weight excluding hydrogens is 300 g/mol. The number of ether oxygens (including phenoxy) is 1. The monoisotopic (exact) mass is 320 g/mol. The number of nitrogens with zero attached hydrogens (tertiary/aromatic N) is 2. The van der Waals surface area contributed by atoms with Gasteiger partial charge in [0.15, 0.2) is 0 Å². The second kappa shape index (κ2) is 6.40. The number of hydrogen-bond donors (Lipinski definition) is 2. The molecule has 2 N–H and O–H groups in total. The Morgan fingerprint density at radius 3 is 2.41 bits per heavy atom. The molecule has 118 valence electrons. The van der Waals surface area contributed by atoms with Gasteiger partial charge in [-0.1, -0.05) is 11.6 Å². The number of benzene rings is 1. The molecule has 0 bridgehead atoms. The van der Waals surface area contributed by atoms with Gasteiger partial charge in [-0.25, -0.2) is 9.97 Å². The molecule has 0 aliphatic heterocycles. The first kappa shape index (κ1) is 16.4. The second-order valence-electron chi connectivity index (χ2n) is 6.09. The van der Waals surface area contributed by atoms with Crippen LogP contribution in [0.15, 0.2) is 24.5 Å². The fraction of sp³-hybridized carbons (Fsp3) is 0.375. The molecule has 0 unspecified atom stereocenters. The number of hydrogen-bond acceptors (Lipinski definition) is 5. The summed E-state index contributed by atoms with van der Waals surface area (Å²) in [6.07, 6.45) is 1.52. The van der Waals surface area contributed by atoms with Crippen molar-refractivity contribution in [2.75, 3.05) is 17.7 Å². The highest BCUT2D eigenvalue weighted by Gasteiger charge is 2.12. The van der Waals surface area contributed by atoms with E-state index < -0.39 is 0 Å². The largest absolute Gasteiger partial charge is 0.495 e. The summed E-state index contributed by atoms with van der Waals surface area (Å²) in [6.45, 7) is 8.18. The van der Waals surface area contributed by atoms with E-state index in [-0.39, 0.29) is 5.54 Å². The van der Waals surface area contributed by atoms with E-state index in [1.165, 1.54) is 6.33 Å². The van der Waals surface area contributed by atoms with Crippen LogP contribution in [0.5, 0.6) is 5.75 Å². The first-order valence-corrected chi connectivity index (χ1v) is 7.37. The van der Waals surface area contributed by atoms with E-state index in [4.69, 9.17) is 16.3 Å². The SMILES string of the molecule is COc1cc(Cl)c(C)cc1Nc1cc(NC(C)(C)C)ncn1. The molecule has 0 aliphatic carbocycles. The van der Waals surface area contributed by atoms with Crippen molar-refractivity contribution in [1.29, 1.82) is 0 Å². The Hall–Kier alpha value is -2.01. The van der Waals surface area contributed by atoms with E-state index in [2.05, 4.69) is 41.4 Å². The lowest BCUT2D eigenvalue weighted by Gasteiger charge is -2.21. The average molecular weight is 321 g/mol. The topological polar surface area (TPSA) is 59.1 Å². The Balaban J connectivity index is 2.28. The minimum Gasteiger partial charge on any atom is -0.495 e. The van der Waals surface area contributed by atoms with Crippen LogP contribution in [0.25, 0.3) is 0 Å². The van der Waals surface area contributed by atoms with E-state index in [0.29, 0.717) is 16.6 Å². The van der Waals surface area contributed by atoms with Gasteiger partial charge in [-0.3, -0.25) is 0 Å². The van der Waals surface area contributed by atoms with Gasteiger partial charge in [0.05, 0.1) is 12.8 Å². The number of nitrogens with one attached hydrogen (secondary N) is 2. The summed E-state index contributed by atoms with van der Waals surface area (Å²) in [6, 6.07) is 5.57. The van der Waals surface area contributed by atoms with Crippen molar-refractivity contribution in [3.8, 4) is 5.75 Å². The van der Waals surface area contributed by atoms with Crippen LogP contribution in [0.2, 0.25) is 5.02 Å². The molecule has 0 atom stereocenters. The van der Waals surface area contributed by atoms with Crippen LogP contribution >= 0.6 is 11.6 Å². The van der Waals surface area contributed by atoms with Gasteiger partial charge in [-0.05, 0) is 39.3 Å². The van der Waals surface area contributed by atoms with Gasteiger partial charge in [0.1, 0.15) is 23.7 Å². The molecule has 1 aromatic heterocycles. The van der Waals surface area contributed by atoms with Gasteiger partial charge in [0, 0.05) is 22.7 Å². The third-order valence-corrected chi connectivity index (χ3v) is 3.32. The molecule has 5 nitrogen and oxygen atoms in total. The van der Waals surface area contributed by atoms with Crippen LogP contribution in [0.4, 0.5) is 17.3 Å². The van der Waals surface area contributed by atoms with Gasteiger partial charge >= 0.3 is 0 Å². The highest BCUT2D eigenvalue weighted by Crippen LogP contribution is 2.32. The predicted molar refractivity (Wildman–Crippen MR) is 91.4 cm³/mol. The van der Waals surface area contributed by atoms with Crippen molar-refractivity contribution in [3.63, 3.8) is 0 Å². The highest BCUT2D eigenvalue weighted by molar-refractivity contribution is 6.31. The molecule has 22 heavy (non-hydrogen) atoms. The van der Waals surface area contributed by atoms with E-state index in [9.17, 15) is 0 Å². The lowest BCUT2D eigenvalue weighted by Crippen LogP contribution is -2.26. The molecule has 0 saturated heterocycles. The molecule has 2 aromatic rings. The number of aryl methyl sites for hydroxylation is 1. The summed E-state index contributed by atoms with van der Waals surface area (Å²) in [4.78, 5) is 8.47. The van der Waals surface area contributed by atoms with Gasteiger partial charge in [-0.15, -0.1) is 0 Å². The fourth-order valence-electron chi connectivity index (χ4n) is 1.95. The number of rotatable bonds is 4. The normalized spacial score (nSPS) is 11.2. The molecule has 0 saturated carbocycles. The zero-order chi connectivity index (χ0) is 16.3. The second-order valence-corrected chi connectivity index (χ2v) is 6.50. The number of anilines is 3. The molecule has 6 heteroatoms. The smallest absolute Gasteiger partial charge is 0.143 e. The Bertz CT molecular complexity index is 668. The van der Waals surface area contributed by atoms with Gasteiger partial charge in [-0.2, -0.15) is 0 Å². The summed E-state index contributed by atoms with van der Waals surface area (Å²) in [7, 11) is 1.61. The van der Waals surface area contributed by atoms with Crippen LogP contribution in [0, 0.1) is 6.92 Å². The van der Waals surface area contributed by atoms with Gasteiger partial charge in [0.2, 0.25) is 0 Å². The van der Waals surface area contributed by atoms with Crippen molar-refractivity contribution < 1.29 is 4.74 Å². The average Bonchev–Trinajstić information content (AvgIpc) is 2.41. The molecule has 0 amide bonds. The van der Waals surface area contributed by atoms with Crippen molar-refractivity contribution in [2.45, 2.75) is 33.2 Å². The third-order valence-electron chi connectivity index (χ3n) is 2.91. The van der Waals surface area contributed by atoms with Crippen LogP contribution in [-0.2, 0) is 0 Å². The van der Waals surface area contributed by atoms with E-state index >= 15 is 0 Å². The Kier molecular flexibility index (Phi) is 4.76. The molecular formula is C16H21ClN4O. The Morgan fingerprint density at radius 2 is 1.77 bits per heavy atom. The summed E-state index contributed by atoms with van der Waals surface area (Å²) in [5.74, 6) is 2.11. The van der Waals surface area contributed by atoms with E-state index in [0.717, 1.165) is 17.1 Å². The maximum atomic E-state index is 6.12. The van der Waals surface area contributed by atoms with Crippen molar-refractivity contribution >= 4 is 28.9 Å². The Labute approximate surface area is 136 Å². The highest BCUT2D eigenvalue weighted by atomic mass is 35.5. The maximum absolute atomic E-state index is 6.12. The summed E-state index contributed by atoms with van der Waals surface area (Å²) in [5, 5.41) is 7.22. The third kappa shape index (κ3) is 4.24. The lowest BCUT2D eigenvalue weighted by molar-refractivity contribution is 0.416. The molecule has 0 aliphatic rings. The summed E-state index contributed by atoms with van der Waals surface area (Å²) < 4.78 is 5.36. The first-order chi connectivity index (χ1) is 10.3. The van der Waals surface area contributed by atoms with Gasteiger partial charge in [0.25, 0.3) is 0 Å². The fourth-order valence-corrected chi connectivity index (χ4v) is 2.10. The quantitative estimate of drug-likeness (QED) is 0.874. The lowest BCUT2D eigenvalue weighted by atomic mass is 10.1. The number of methoxy groups -OCH3 is 1. The van der Waals surface area contributed by atoms with Crippen LogP contribution in [0.3, 0.4) is 0 Å². The van der Waals surface area contributed by atoms with Crippen molar-refractivity contribution in [3.05, 3.63) is 35.1 Å². The van der Waals surface area contributed by atoms with Crippen molar-refractivity contribution in [2.24, 2.45) is 0 Å². The zero-order valence-corrected chi connectivity index (χ0v) is 14.2. The van der Waals surface area contributed by atoms with Crippen LogP contribution < -0.4 is 15.4 Å². The number of aromatic nitrogens is 2. The molecule has 2 rings (SSSR count). The molecule has 0 spiro atoms. The molecule has 0 fully saturated rings. The van der Waals surface area contributed by atoms with Crippen LogP contribution in [0.1, 0.15) is 26.3 Å². The molecule has 1 heterocycles. The zero-order valence-electron chi connectivity index (χ0n) is 13.5. The standard InChI is InChI=1S/C16H21ClN4O/c1-10-6-12(13(22-5)7-11(10)17)20-14-8-15(19-9-18-14)21-16(2,3)4/h6-9H,1-5H3,(H2,18,19,20,21). The van der Waals surface area contributed by atoms with Crippen LogP contribution in [-0.4, -0.2) is 22.6 Å². The summed E-state index contributed by atoms with van der Waals surface area (Å²) >= 11 is 6.12. The maximum Gasteiger partial charge on any atom is 0.143 e. The first-order valence-electron chi connectivity index (χ1n) is 7.00.